The molecule has 1 atom stereocenters. The van der Waals surface area contributed by atoms with E-state index in [1.54, 1.807) is 0 Å². The van der Waals surface area contributed by atoms with Crippen LogP contribution in [0.1, 0.15) is 43.5 Å². The number of halogens is 1. The third-order valence-electron chi connectivity index (χ3n) is 4.13. The molecule has 1 amide bonds. The highest BCUT2D eigenvalue weighted by Crippen LogP contribution is 2.37. The molecule has 1 saturated carbocycles. The number of hydrogen-bond donors (Lipinski definition) is 2. The fourth-order valence-corrected chi connectivity index (χ4v) is 2.94. The number of benzene rings is 1. The minimum Gasteiger partial charge on any atom is -0.392 e. The van der Waals surface area contributed by atoms with E-state index in [0.717, 1.165) is 19.3 Å². The smallest absolute Gasteiger partial charge is 0.294 e. The van der Waals surface area contributed by atoms with Gasteiger partial charge in [-0.15, -0.1) is 0 Å². The molecule has 1 unspecified atom stereocenters. The van der Waals surface area contributed by atoms with Crippen molar-refractivity contribution in [1.82, 2.24) is 5.32 Å². The van der Waals surface area contributed by atoms with Crippen LogP contribution in [-0.2, 0) is 0 Å². The second-order valence-electron chi connectivity index (χ2n) is 6.05. The van der Waals surface area contributed by atoms with Gasteiger partial charge >= 0.3 is 0 Å². The van der Waals surface area contributed by atoms with Gasteiger partial charge in [-0.25, -0.2) is 0 Å². The fourth-order valence-electron chi connectivity index (χ4n) is 2.72. The Morgan fingerprint density at radius 3 is 2.71 bits per heavy atom. The first-order valence-electron chi connectivity index (χ1n) is 6.76. The molecule has 0 radical (unpaired) electrons. The standard InChI is InChI=1S/C14H18ClN3O3/c1-14(2)5-3-4-11(14)17-13(19)8-6-9(15)12(16)10(7-8)18(20)21/h6-7,11H,3-5,16H2,1-2H3,(H,17,19). The summed E-state index contributed by atoms with van der Waals surface area (Å²) in [5.41, 5.74) is 5.26. The number of rotatable bonds is 3. The average Bonchev–Trinajstić information content (AvgIpc) is 2.71. The van der Waals surface area contributed by atoms with Gasteiger partial charge in [0.25, 0.3) is 11.6 Å². The number of hydrogen-bond acceptors (Lipinski definition) is 4. The Hall–Kier alpha value is -1.82. The van der Waals surface area contributed by atoms with Gasteiger partial charge in [-0.3, -0.25) is 14.9 Å². The Kier molecular flexibility index (Phi) is 4.09. The van der Waals surface area contributed by atoms with E-state index >= 15 is 0 Å². The van der Waals surface area contributed by atoms with Crippen molar-refractivity contribution in [2.45, 2.75) is 39.2 Å². The summed E-state index contributed by atoms with van der Waals surface area (Å²) in [6.45, 7) is 4.20. The van der Waals surface area contributed by atoms with Crippen LogP contribution in [0.4, 0.5) is 11.4 Å². The van der Waals surface area contributed by atoms with E-state index in [2.05, 4.69) is 19.2 Å². The van der Waals surface area contributed by atoms with Crippen molar-refractivity contribution >= 4 is 28.9 Å². The van der Waals surface area contributed by atoms with Crippen LogP contribution in [0, 0.1) is 15.5 Å². The summed E-state index contributed by atoms with van der Waals surface area (Å²) in [5.74, 6) is -0.361. The molecular formula is C14H18ClN3O3. The lowest BCUT2D eigenvalue weighted by Gasteiger charge is -2.27. The van der Waals surface area contributed by atoms with Gasteiger partial charge in [-0.05, 0) is 24.3 Å². The number of nitrogen functional groups attached to an aromatic ring is 1. The van der Waals surface area contributed by atoms with Gasteiger partial charge in [0.2, 0.25) is 0 Å². The van der Waals surface area contributed by atoms with Crippen LogP contribution < -0.4 is 11.1 Å². The highest BCUT2D eigenvalue weighted by molar-refractivity contribution is 6.34. The third kappa shape index (κ3) is 3.10. The number of nitrogens with two attached hydrogens (primary N) is 1. The van der Waals surface area contributed by atoms with Gasteiger partial charge in [-0.2, -0.15) is 0 Å². The van der Waals surface area contributed by atoms with Crippen molar-refractivity contribution in [3.63, 3.8) is 0 Å². The SMILES string of the molecule is CC1(C)CCCC1NC(=O)c1cc(Cl)c(N)c([N+](=O)[O-])c1. The first kappa shape index (κ1) is 15.6. The van der Waals surface area contributed by atoms with E-state index in [4.69, 9.17) is 17.3 Å². The summed E-state index contributed by atoms with van der Waals surface area (Å²) in [6, 6.07) is 2.58. The molecule has 0 aromatic heterocycles. The van der Waals surface area contributed by atoms with Crippen molar-refractivity contribution < 1.29 is 9.72 Å². The zero-order valence-corrected chi connectivity index (χ0v) is 12.7. The van der Waals surface area contributed by atoms with Gasteiger partial charge < -0.3 is 11.1 Å². The quantitative estimate of drug-likeness (QED) is 0.509. The fraction of sp³-hybridized carbons (Fsp3) is 0.500. The molecule has 0 spiro atoms. The maximum absolute atomic E-state index is 12.3. The summed E-state index contributed by atoms with van der Waals surface area (Å²) in [6.07, 6.45) is 3.00. The summed E-state index contributed by atoms with van der Waals surface area (Å²) in [4.78, 5) is 22.6. The Balaban J connectivity index is 2.26. The summed E-state index contributed by atoms with van der Waals surface area (Å²) in [5, 5.41) is 13.9. The molecule has 1 fully saturated rings. The highest BCUT2D eigenvalue weighted by atomic mass is 35.5. The van der Waals surface area contributed by atoms with Gasteiger partial charge in [-0.1, -0.05) is 31.9 Å². The lowest BCUT2D eigenvalue weighted by Crippen LogP contribution is -2.41. The lowest BCUT2D eigenvalue weighted by molar-refractivity contribution is -0.383. The van der Waals surface area contributed by atoms with Crippen molar-refractivity contribution in [2.75, 3.05) is 5.73 Å². The molecule has 114 valence electrons. The van der Waals surface area contributed by atoms with Crippen molar-refractivity contribution in [3.05, 3.63) is 32.8 Å². The zero-order chi connectivity index (χ0) is 15.8. The number of nitro groups is 1. The van der Waals surface area contributed by atoms with Gasteiger partial charge in [0.15, 0.2) is 0 Å². The molecule has 3 N–H and O–H groups in total. The molecule has 0 heterocycles. The first-order valence-corrected chi connectivity index (χ1v) is 7.14. The van der Waals surface area contributed by atoms with Crippen LogP contribution in [-0.4, -0.2) is 16.9 Å². The van der Waals surface area contributed by atoms with E-state index < -0.39 is 4.92 Å². The van der Waals surface area contributed by atoms with E-state index in [1.165, 1.54) is 12.1 Å². The van der Waals surface area contributed by atoms with Gasteiger partial charge in [0, 0.05) is 17.7 Å². The van der Waals surface area contributed by atoms with E-state index in [-0.39, 0.29) is 39.3 Å². The molecule has 7 heteroatoms. The average molecular weight is 312 g/mol. The first-order chi connectivity index (χ1) is 9.72. The molecule has 1 aliphatic carbocycles. The minimum absolute atomic E-state index is 0.0139. The van der Waals surface area contributed by atoms with E-state index in [1.807, 2.05) is 0 Å². The predicted octanol–water partition coefficient (Wildman–Crippen LogP) is 3.14. The van der Waals surface area contributed by atoms with Crippen LogP contribution in [0.5, 0.6) is 0 Å². The number of nitrogens with one attached hydrogen (secondary N) is 1. The molecule has 0 bridgehead atoms. The molecular weight excluding hydrogens is 294 g/mol. The zero-order valence-electron chi connectivity index (χ0n) is 12.0. The van der Waals surface area contributed by atoms with Crippen molar-refractivity contribution in [2.24, 2.45) is 5.41 Å². The molecule has 0 aliphatic heterocycles. The van der Waals surface area contributed by atoms with Gasteiger partial charge in [0.05, 0.1) is 9.95 Å². The Morgan fingerprint density at radius 2 is 2.19 bits per heavy atom. The topological polar surface area (TPSA) is 98.3 Å². The molecule has 0 saturated heterocycles. The number of carbonyl (C=O) groups is 1. The monoisotopic (exact) mass is 311 g/mol. The van der Waals surface area contributed by atoms with Crippen LogP contribution in [0.15, 0.2) is 12.1 Å². The van der Waals surface area contributed by atoms with Crippen LogP contribution >= 0.6 is 11.6 Å². The number of nitro benzene ring substituents is 1. The minimum atomic E-state index is -0.641. The lowest BCUT2D eigenvalue weighted by atomic mass is 9.87. The Labute approximate surface area is 127 Å². The maximum atomic E-state index is 12.3. The summed E-state index contributed by atoms with van der Waals surface area (Å²) >= 11 is 5.87. The predicted molar refractivity (Wildman–Crippen MR) is 81.4 cm³/mol. The second kappa shape index (κ2) is 5.52. The second-order valence-corrected chi connectivity index (χ2v) is 6.46. The maximum Gasteiger partial charge on any atom is 0.294 e. The number of anilines is 1. The number of nitrogens with zero attached hydrogens (tertiary/aromatic N) is 1. The van der Waals surface area contributed by atoms with Gasteiger partial charge in [0.1, 0.15) is 5.69 Å². The summed E-state index contributed by atoms with van der Waals surface area (Å²) in [7, 11) is 0. The van der Waals surface area contributed by atoms with Crippen molar-refractivity contribution in [3.8, 4) is 0 Å². The van der Waals surface area contributed by atoms with Crippen LogP contribution in [0.2, 0.25) is 5.02 Å². The highest BCUT2D eigenvalue weighted by Gasteiger charge is 2.35. The molecule has 21 heavy (non-hydrogen) atoms. The molecule has 6 nitrogen and oxygen atoms in total. The third-order valence-corrected chi connectivity index (χ3v) is 4.44. The number of carbonyl (C=O) groups excluding carboxylic acids is 1. The normalized spacial score (nSPS) is 20.2. The summed E-state index contributed by atoms with van der Waals surface area (Å²) < 4.78 is 0. The molecule has 1 aromatic carbocycles. The largest absolute Gasteiger partial charge is 0.392 e. The van der Waals surface area contributed by atoms with E-state index in [0.29, 0.717) is 0 Å². The Bertz CT molecular complexity index is 601. The van der Waals surface area contributed by atoms with E-state index in [9.17, 15) is 14.9 Å². The Morgan fingerprint density at radius 1 is 1.52 bits per heavy atom. The number of amides is 1. The van der Waals surface area contributed by atoms with Crippen LogP contribution in [0.25, 0.3) is 0 Å². The molecule has 1 aromatic rings. The van der Waals surface area contributed by atoms with Crippen molar-refractivity contribution in [1.29, 1.82) is 0 Å². The van der Waals surface area contributed by atoms with Crippen LogP contribution in [0.3, 0.4) is 0 Å². The molecule has 1 aliphatic rings. The molecule has 2 rings (SSSR count).